The minimum Gasteiger partial charge on any atom is 0 e. The predicted molar refractivity (Wildman–Crippen MR) is 0.686 cm³/mol. The fourth-order valence-electron chi connectivity index (χ4n) is 0. The van der Waals surface area contributed by atoms with Crippen molar-refractivity contribution < 1.29 is 79.5 Å². The summed E-state index contributed by atoms with van der Waals surface area (Å²) in [6.45, 7) is 0. The number of hydrogen-bond donors (Lipinski definition) is 0. The fourth-order valence-corrected chi connectivity index (χ4v) is 0. The summed E-state index contributed by atoms with van der Waals surface area (Å²) in [5, 5.41) is 0. The van der Waals surface area contributed by atoms with Crippen LogP contribution in [0.2, 0.25) is 0 Å². The van der Waals surface area contributed by atoms with Gasteiger partial charge in [0.15, 0.2) is 0 Å². The second-order valence-electron chi connectivity index (χ2n) is 0. The summed E-state index contributed by atoms with van der Waals surface area (Å²) in [5.74, 6) is 0. The van der Waals surface area contributed by atoms with E-state index in [1.165, 1.54) is 0 Å². The fraction of sp³-hybridized carbons (Fsp3) is 0. The molecule has 0 rings (SSSR count). The van der Waals surface area contributed by atoms with Crippen LogP contribution in [0.1, 0.15) is 0 Å². The van der Waals surface area contributed by atoms with Crippen LogP contribution in [-0.4, -0.2) is 0 Å². The minimum atomic E-state index is 0. The van der Waals surface area contributed by atoms with E-state index in [0.717, 1.165) is 0 Å². The van der Waals surface area contributed by atoms with Crippen molar-refractivity contribution in [2.45, 2.75) is 0 Å². The van der Waals surface area contributed by atoms with Crippen molar-refractivity contribution in [3.8, 4) is 0 Å². The summed E-state index contributed by atoms with van der Waals surface area (Å²) in [4.78, 5) is 0. The monoisotopic (exact) mass is 415 g/mol. The van der Waals surface area contributed by atoms with E-state index >= 15 is 0 Å². The molecule has 0 bridgehead atoms. The number of rotatable bonds is 0. The summed E-state index contributed by atoms with van der Waals surface area (Å²) < 4.78 is 8.30. The Hall–Kier alpha value is 2.27. The zero-order valence-corrected chi connectivity index (χ0v) is 8.70. The molecule has 0 aromatic heterocycles. The first kappa shape index (κ1) is 26.7. The Kier molecular flexibility index (Phi) is 181. The van der Waals surface area contributed by atoms with Gasteiger partial charge in [-0.25, -0.2) is 0 Å². The molecule has 5 heteroatoms. The van der Waals surface area contributed by atoms with Gasteiger partial charge in [0.1, 0.15) is 0 Å². The molecular formula is CoCrNbOPt. The molecule has 0 unspecified atom stereocenters. The summed E-state index contributed by atoms with van der Waals surface area (Å²) in [6.07, 6.45) is 0. The number of hydrogen-bond acceptors (Lipinski definition) is 1. The molecule has 36 valence electrons. The minimum absolute atomic E-state index is 0. The second kappa shape index (κ2) is 33.8. The molecule has 0 heterocycles. The second-order valence-corrected chi connectivity index (χ2v) is 0. The molecule has 0 spiro atoms. The normalized spacial score (nSPS) is 0.600. The van der Waals surface area contributed by atoms with Gasteiger partial charge in [-0.2, -0.15) is 0 Å². The van der Waals surface area contributed by atoms with E-state index in [0.29, 0.717) is 21.0 Å². The smallest absolute Gasteiger partial charge is 0 e. The van der Waals surface area contributed by atoms with Crippen molar-refractivity contribution in [2.75, 3.05) is 0 Å². The zero-order chi connectivity index (χ0) is 2.00. The molecule has 0 N–H and O–H groups in total. The van der Waals surface area contributed by atoms with Crippen LogP contribution in [0, 0.1) is 0 Å². The van der Waals surface area contributed by atoms with Gasteiger partial charge < -0.3 is 0 Å². The Balaban J connectivity index is -0.00000000167. The van der Waals surface area contributed by atoms with Gasteiger partial charge in [0.05, 0.1) is 0 Å². The van der Waals surface area contributed by atoms with Gasteiger partial charge in [-0.05, 0) is 0 Å². The van der Waals surface area contributed by atoms with Crippen molar-refractivity contribution in [3.05, 3.63) is 0 Å². The Labute approximate surface area is 78.5 Å². The molecular weight excluding hydrogens is 415 g/mol. The molecule has 5 heavy (non-hydrogen) atoms. The van der Waals surface area contributed by atoms with Gasteiger partial charge in [-0.1, -0.05) is 0 Å². The van der Waals surface area contributed by atoms with Crippen LogP contribution in [-0.2, 0) is 79.5 Å². The van der Waals surface area contributed by atoms with Crippen LogP contribution < -0.4 is 0 Å². The van der Waals surface area contributed by atoms with Crippen molar-refractivity contribution in [1.82, 2.24) is 0 Å². The van der Waals surface area contributed by atoms with Gasteiger partial charge in [-0.3, -0.25) is 0 Å². The Morgan fingerprint density at radius 3 is 1.20 bits per heavy atom. The topological polar surface area (TPSA) is 17.1 Å². The maximum atomic E-state index is 8.30. The molecule has 0 fully saturated rings. The summed E-state index contributed by atoms with van der Waals surface area (Å²) in [5.41, 5.74) is 0. The standard InChI is InChI=1S/Co.Cr.Nb.O.Pt. The zero-order valence-electron chi connectivity index (χ0n) is 1.91. The quantitative estimate of drug-likeness (QED) is 0.505. The van der Waals surface area contributed by atoms with Crippen molar-refractivity contribution >= 4 is 0 Å². The molecule has 1 nitrogen and oxygen atoms in total. The van der Waals surface area contributed by atoms with Gasteiger partial charge in [0.25, 0.3) is 0 Å². The molecule has 0 aliphatic heterocycles. The summed E-state index contributed by atoms with van der Waals surface area (Å²) in [7, 11) is 0. The SMILES string of the molecule is [Co].[Cr].[O]=[Nb].[Pt]. The molecule has 1 radical (unpaired) electrons. The first-order valence-electron chi connectivity index (χ1n) is 0.183. The van der Waals surface area contributed by atoms with Crippen LogP contribution in [0.5, 0.6) is 0 Å². The van der Waals surface area contributed by atoms with Gasteiger partial charge >= 0.3 is 24.3 Å². The molecule has 0 aliphatic rings. The summed E-state index contributed by atoms with van der Waals surface area (Å²) >= 11 is 0.500. The van der Waals surface area contributed by atoms with E-state index in [1.807, 2.05) is 0 Å². The van der Waals surface area contributed by atoms with Gasteiger partial charge in [0, 0.05) is 55.2 Å². The first-order valence-corrected chi connectivity index (χ1v) is 1.08. The molecule has 0 saturated carbocycles. The van der Waals surface area contributed by atoms with Crippen LogP contribution in [0.25, 0.3) is 0 Å². The van der Waals surface area contributed by atoms with E-state index in [2.05, 4.69) is 0 Å². The maximum Gasteiger partial charge on any atom is 0 e. The largest absolute Gasteiger partial charge is 0 e. The van der Waals surface area contributed by atoms with Crippen LogP contribution >= 0.6 is 0 Å². The van der Waals surface area contributed by atoms with Gasteiger partial charge in [0.2, 0.25) is 0 Å². The van der Waals surface area contributed by atoms with E-state index in [1.54, 1.807) is 0 Å². The predicted octanol–water partition coefficient (Wildman–Crippen LogP) is -0.129. The molecule has 0 aliphatic carbocycles. The third-order valence-electron chi connectivity index (χ3n) is 0. The molecule has 0 atom stereocenters. The third-order valence-corrected chi connectivity index (χ3v) is 0. The third kappa shape index (κ3) is 22.2. The van der Waals surface area contributed by atoms with E-state index in [-0.39, 0.29) is 55.2 Å². The average Bonchev–Trinajstić information content (AvgIpc) is 1.00. The molecule has 0 aromatic carbocycles. The molecule has 0 amide bonds. The molecule has 0 saturated heterocycles. The van der Waals surface area contributed by atoms with Crippen molar-refractivity contribution in [2.24, 2.45) is 0 Å². The van der Waals surface area contributed by atoms with Crippen LogP contribution in [0.4, 0.5) is 0 Å². The Morgan fingerprint density at radius 1 is 1.20 bits per heavy atom. The van der Waals surface area contributed by atoms with Crippen LogP contribution in [0.15, 0.2) is 0 Å². The van der Waals surface area contributed by atoms with E-state index < -0.39 is 0 Å². The van der Waals surface area contributed by atoms with E-state index in [4.69, 9.17) is 3.25 Å². The van der Waals surface area contributed by atoms with E-state index in [9.17, 15) is 0 Å². The Bertz CT molecular complexity index is 11.6. The van der Waals surface area contributed by atoms with Crippen molar-refractivity contribution in [3.63, 3.8) is 0 Å². The average molecular weight is 415 g/mol. The Morgan fingerprint density at radius 2 is 1.20 bits per heavy atom. The first-order chi connectivity index (χ1) is 1.00. The summed E-state index contributed by atoms with van der Waals surface area (Å²) in [6, 6.07) is 0. The molecule has 0 aromatic rings. The van der Waals surface area contributed by atoms with Gasteiger partial charge in [-0.15, -0.1) is 0 Å². The van der Waals surface area contributed by atoms with Crippen LogP contribution in [0.3, 0.4) is 0 Å². The van der Waals surface area contributed by atoms with Crippen molar-refractivity contribution in [1.29, 1.82) is 0 Å². The maximum absolute atomic E-state index is 8.30.